The number of aliphatic carboxylic acids is 1. The van der Waals surface area contributed by atoms with Gasteiger partial charge in [-0.05, 0) is 45.7 Å². The minimum atomic E-state index is -0.839. The molecule has 2 aliphatic rings. The molecule has 1 aromatic rings. The quantitative estimate of drug-likeness (QED) is 0.907. The van der Waals surface area contributed by atoms with E-state index in [1.54, 1.807) is 17.0 Å². The monoisotopic (exact) mass is 318 g/mol. The molecule has 124 valence electrons. The Morgan fingerprint density at radius 1 is 1.30 bits per heavy atom. The number of carbonyl (C=O) groups is 2. The largest absolute Gasteiger partial charge is 0.481 e. The zero-order chi connectivity index (χ0) is 16.8. The van der Waals surface area contributed by atoms with Crippen LogP contribution in [0.2, 0.25) is 0 Å². The summed E-state index contributed by atoms with van der Waals surface area (Å²) in [6.45, 7) is 6.00. The van der Waals surface area contributed by atoms with Gasteiger partial charge in [0.1, 0.15) is 11.0 Å². The highest BCUT2D eigenvalue weighted by molar-refractivity contribution is 5.90. The van der Waals surface area contributed by atoms with Crippen molar-refractivity contribution in [1.82, 2.24) is 4.98 Å². The lowest BCUT2D eigenvalue weighted by Gasteiger charge is -2.37. The number of ether oxygens (including phenoxy) is 1. The van der Waals surface area contributed by atoms with Crippen LogP contribution >= 0.6 is 0 Å². The van der Waals surface area contributed by atoms with Gasteiger partial charge in [0.15, 0.2) is 0 Å². The lowest BCUT2D eigenvalue weighted by atomic mass is 9.66. The van der Waals surface area contributed by atoms with Crippen LogP contribution in [0.5, 0.6) is 0 Å². The van der Waals surface area contributed by atoms with Crippen molar-refractivity contribution >= 4 is 17.7 Å². The number of carboxylic acids is 1. The summed E-state index contributed by atoms with van der Waals surface area (Å²) in [5, 5.41) is 9.53. The molecule has 6 heteroatoms. The number of carboxylic acid groups (broad SMARTS) is 1. The molecule has 1 saturated carbocycles. The van der Waals surface area contributed by atoms with Crippen LogP contribution in [-0.4, -0.2) is 34.3 Å². The number of hydrogen-bond acceptors (Lipinski definition) is 4. The summed E-state index contributed by atoms with van der Waals surface area (Å²) < 4.78 is 5.41. The molecular formula is C17H22N2O4. The van der Waals surface area contributed by atoms with Crippen LogP contribution in [0.1, 0.15) is 51.4 Å². The Morgan fingerprint density at radius 3 is 2.52 bits per heavy atom. The second-order valence-electron chi connectivity index (χ2n) is 7.29. The number of anilines is 1. The normalized spacial score (nSPS) is 19.0. The number of fused-ring (bicyclic) bond motifs is 1. The molecule has 1 aliphatic heterocycles. The molecule has 0 bridgehead atoms. The molecule has 2 heterocycles. The number of pyridine rings is 1. The van der Waals surface area contributed by atoms with Crippen molar-refractivity contribution in [3.05, 3.63) is 23.5 Å². The summed E-state index contributed by atoms with van der Waals surface area (Å²) in [5.74, 6) is -0.807. The zero-order valence-corrected chi connectivity index (χ0v) is 13.8. The Bertz CT molecular complexity index is 659. The number of amides is 1. The van der Waals surface area contributed by atoms with Crippen molar-refractivity contribution in [2.24, 2.45) is 0 Å². The molecule has 1 aromatic heterocycles. The maximum atomic E-state index is 12.3. The first-order chi connectivity index (χ1) is 10.7. The number of rotatable bonds is 2. The Hall–Kier alpha value is -2.11. The van der Waals surface area contributed by atoms with Crippen molar-refractivity contribution in [2.45, 2.75) is 57.5 Å². The van der Waals surface area contributed by atoms with Crippen molar-refractivity contribution in [3.63, 3.8) is 0 Å². The van der Waals surface area contributed by atoms with E-state index in [1.165, 1.54) is 0 Å². The fraction of sp³-hybridized carbons (Fsp3) is 0.588. The average molecular weight is 318 g/mol. The highest BCUT2D eigenvalue weighted by atomic mass is 16.6. The van der Waals surface area contributed by atoms with Gasteiger partial charge in [-0.2, -0.15) is 0 Å². The molecule has 1 aliphatic carbocycles. The second kappa shape index (κ2) is 5.22. The van der Waals surface area contributed by atoms with Gasteiger partial charge in [0, 0.05) is 13.0 Å². The smallest absolute Gasteiger partial charge is 0.414 e. The molecule has 0 aromatic carbocycles. The Morgan fingerprint density at radius 2 is 2.00 bits per heavy atom. The highest BCUT2D eigenvalue weighted by Gasteiger charge is 2.47. The number of aromatic nitrogens is 1. The highest BCUT2D eigenvalue weighted by Crippen LogP contribution is 2.44. The number of carbonyl (C=O) groups excluding carboxylic acids is 1. The maximum Gasteiger partial charge on any atom is 0.414 e. The van der Waals surface area contributed by atoms with Crippen molar-refractivity contribution in [3.8, 4) is 0 Å². The van der Waals surface area contributed by atoms with Crippen LogP contribution in [-0.2, 0) is 21.4 Å². The average Bonchev–Trinajstić information content (AvgIpc) is 2.77. The summed E-state index contributed by atoms with van der Waals surface area (Å²) in [7, 11) is 0. The van der Waals surface area contributed by atoms with Crippen LogP contribution in [0, 0.1) is 0 Å². The molecule has 1 N–H and O–H groups in total. The summed E-state index contributed by atoms with van der Waals surface area (Å²) >= 11 is 0. The van der Waals surface area contributed by atoms with Crippen molar-refractivity contribution < 1.29 is 19.4 Å². The van der Waals surface area contributed by atoms with Gasteiger partial charge in [-0.15, -0.1) is 0 Å². The zero-order valence-electron chi connectivity index (χ0n) is 13.8. The molecule has 3 rings (SSSR count). The molecule has 0 radical (unpaired) electrons. The predicted octanol–water partition coefficient (Wildman–Crippen LogP) is 2.89. The first-order valence-electron chi connectivity index (χ1n) is 7.97. The van der Waals surface area contributed by atoms with Crippen LogP contribution < -0.4 is 4.90 Å². The minimum absolute atomic E-state index is 0.387. The SMILES string of the molecule is CC(C)(C)OC(=O)N1CCc2nc(C3(C(=O)O)CCC3)ccc21. The molecule has 6 nitrogen and oxygen atoms in total. The Balaban J connectivity index is 1.86. The van der Waals surface area contributed by atoms with Crippen LogP contribution in [0.3, 0.4) is 0 Å². The maximum absolute atomic E-state index is 12.3. The molecule has 0 saturated heterocycles. The van der Waals surface area contributed by atoms with E-state index in [0.717, 1.165) is 17.8 Å². The van der Waals surface area contributed by atoms with E-state index < -0.39 is 17.0 Å². The third-order valence-electron chi connectivity index (χ3n) is 4.53. The third-order valence-corrected chi connectivity index (χ3v) is 4.53. The van der Waals surface area contributed by atoms with E-state index in [2.05, 4.69) is 4.98 Å². The fourth-order valence-electron chi connectivity index (χ4n) is 3.14. The van der Waals surface area contributed by atoms with Gasteiger partial charge in [-0.25, -0.2) is 4.79 Å². The van der Waals surface area contributed by atoms with E-state index in [4.69, 9.17) is 4.74 Å². The number of nitrogens with zero attached hydrogens (tertiary/aromatic N) is 2. The van der Waals surface area contributed by atoms with Gasteiger partial charge in [0.25, 0.3) is 0 Å². The lowest BCUT2D eigenvalue weighted by molar-refractivity contribution is -0.147. The second-order valence-corrected chi connectivity index (χ2v) is 7.29. The van der Waals surface area contributed by atoms with E-state index in [1.807, 2.05) is 20.8 Å². The first-order valence-corrected chi connectivity index (χ1v) is 7.97. The molecule has 23 heavy (non-hydrogen) atoms. The minimum Gasteiger partial charge on any atom is -0.481 e. The van der Waals surface area contributed by atoms with Gasteiger partial charge in [0.05, 0.1) is 17.1 Å². The van der Waals surface area contributed by atoms with Crippen molar-refractivity contribution in [1.29, 1.82) is 0 Å². The van der Waals surface area contributed by atoms with Gasteiger partial charge in [-0.3, -0.25) is 14.7 Å². The van der Waals surface area contributed by atoms with Crippen LogP contribution in [0.15, 0.2) is 12.1 Å². The molecule has 0 unspecified atom stereocenters. The molecule has 0 atom stereocenters. The fourth-order valence-corrected chi connectivity index (χ4v) is 3.14. The lowest BCUT2D eigenvalue weighted by Crippen LogP contribution is -2.43. The molecule has 1 fully saturated rings. The van der Waals surface area contributed by atoms with Crippen LogP contribution in [0.4, 0.5) is 10.5 Å². The van der Waals surface area contributed by atoms with Gasteiger partial charge in [-0.1, -0.05) is 6.42 Å². The summed E-state index contributed by atoms with van der Waals surface area (Å²) in [6, 6.07) is 3.55. The van der Waals surface area contributed by atoms with Gasteiger partial charge < -0.3 is 9.84 Å². The first kappa shape index (κ1) is 15.8. The molecule has 1 amide bonds. The standard InChI is InChI=1S/C17H22N2O4/c1-16(2,3)23-15(22)19-10-7-11-12(19)5-6-13(18-11)17(14(20)21)8-4-9-17/h5-6H,4,7-10H2,1-3H3,(H,20,21). The van der Waals surface area contributed by atoms with E-state index in [0.29, 0.717) is 31.5 Å². The Kier molecular flexibility index (Phi) is 3.58. The summed E-state index contributed by atoms with van der Waals surface area (Å²) in [6.07, 6.45) is 2.41. The van der Waals surface area contributed by atoms with Crippen molar-refractivity contribution in [2.75, 3.05) is 11.4 Å². The van der Waals surface area contributed by atoms with E-state index in [-0.39, 0.29) is 6.09 Å². The molecular weight excluding hydrogens is 296 g/mol. The van der Waals surface area contributed by atoms with Gasteiger partial charge >= 0.3 is 12.1 Å². The number of hydrogen-bond donors (Lipinski definition) is 1. The van der Waals surface area contributed by atoms with Crippen LogP contribution in [0.25, 0.3) is 0 Å². The third kappa shape index (κ3) is 2.66. The summed E-state index contributed by atoms with van der Waals surface area (Å²) in [4.78, 5) is 30.0. The Labute approximate surface area is 135 Å². The van der Waals surface area contributed by atoms with E-state index in [9.17, 15) is 14.7 Å². The predicted molar refractivity (Wildman–Crippen MR) is 84.7 cm³/mol. The van der Waals surface area contributed by atoms with Gasteiger partial charge in [0.2, 0.25) is 0 Å². The topological polar surface area (TPSA) is 79.7 Å². The summed E-state index contributed by atoms with van der Waals surface area (Å²) in [5.41, 5.74) is 0.728. The van der Waals surface area contributed by atoms with E-state index >= 15 is 0 Å². The molecule has 0 spiro atoms.